The number of nitrogens with zero attached hydrogens (tertiary/aromatic N) is 2. The van der Waals surface area contributed by atoms with E-state index in [1.165, 1.54) is 5.56 Å². The Balaban J connectivity index is 1.82. The molecule has 4 nitrogen and oxygen atoms in total. The van der Waals surface area contributed by atoms with Gasteiger partial charge in [0.15, 0.2) is 0 Å². The van der Waals surface area contributed by atoms with Crippen molar-refractivity contribution in [2.45, 2.75) is 6.42 Å². The quantitative estimate of drug-likeness (QED) is 0.860. The molecule has 0 aliphatic rings. The lowest BCUT2D eigenvalue weighted by Crippen LogP contribution is -2.27. The predicted molar refractivity (Wildman–Crippen MR) is 64.5 cm³/mol. The first-order valence-electron chi connectivity index (χ1n) is 5.45. The zero-order valence-electron chi connectivity index (χ0n) is 9.34. The van der Waals surface area contributed by atoms with E-state index in [2.05, 4.69) is 15.3 Å². The van der Waals surface area contributed by atoms with Crippen LogP contribution < -0.4 is 5.32 Å². The molecule has 0 aliphatic carbocycles. The van der Waals surface area contributed by atoms with Crippen molar-refractivity contribution in [1.82, 2.24) is 15.3 Å². The summed E-state index contributed by atoms with van der Waals surface area (Å²) in [6.45, 7) is 0.584. The summed E-state index contributed by atoms with van der Waals surface area (Å²) in [6, 6.07) is 11.7. The van der Waals surface area contributed by atoms with E-state index in [1.54, 1.807) is 18.5 Å². The Morgan fingerprint density at radius 1 is 1.06 bits per heavy atom. The number of hydrogen-bond donors (Lipinski definition) is 1. The lowest BCUT2D eigenvalue weighted by atomic mass is 10.1. The molecule has 0 atom stereocenters. The Labute approximate surface area is 99.7 Å². The maximum absolute atomic E-state index is 11.6. The van der Waals surface area contributed by atoms with E-state index >= 15 is 0 Å². The summed E-state index contributed by atoms with van der Waals surface area (Å²) >= 11 is 0. The number of amides is 1. The molecule has 0 spiro atoms. The summed E-state index contributed by atoms with van der Waals surface area (Å²) in [7, 11) is 0. The molecule has 0 aliphatic heterocycles. The van der Waals surface area contributed by atoms with Crippen LogP contribution in [0, 0.1) is 0 Å². The van der Waals surface area contributed by atoms with Crippen molar-refractivity contribution in [3.8, 4) is 0 Å². The van der Waals surface area contributed by atoms with Crippen LogP contribution in [0.4, 0.5) is 0 Å². The van der Waals surface area contributed by atoms with Crippen molar-refractivity contribution < 1.29 is 4.79 Å². The van der Waals surface area contributed by atoms with E-state index in [9.17, 15) is 4.79 Å². The molecule has 0 bridgehead atoms. The van der Waals surface area contributed by atoms with Gasteiger partial charge in [0, 0.05) is 18.9 Å². The standard InChI is InChI=1S/C13H13N3O/c17-13(12-14-8-4-9-15-12)16-10-7-11-5-2-1-3-6-11/h1-6,8-9H,7,10H2,(H,16,17). The van der Waals surface area contributed by atoms with Gasteiger partial charge in [-0.2, -0.15) is 0 Å². The first-order chi connectivity index (χ1) is 8.36. The van der Waals surface area contributed by atoms with Gasteiger partial charge in [0.25, 0.3) is 5.91 Å². The van der Waals surface area contributed by atoms with Gasteiger partial charge in [-0.1, -0.05) is 30.3 Å². The molecule has 1 heterocycles. The van der Waals surface area contributed by atoms with Gasteiger partial charge < -0.3 is 5.32 Å². The Kier molecular flexibility index (Phi) is 3.81. The lowest BCUT2D eigenvalue weighted by molar-refractivity contribution is 0.0943. The van der Waals surface area contributed by atoms with Gasteiger partial charge in [-0.25, -0.2) is 9.97 Å². The molecule has 2 aromatic rings. The fourth-order valence-electron chi connectivity index (χ4n) is 1.46. The zero-order valence-corrected chi connectivity index (χ0v) is 9.34. The van der Waals surface area contributed by atoms with Gasteiger partial charge in [0.2, 0.25) is 5.82 Å². The highest BCUT2D eigenvalue weighted by molar-refractivity contribution is 5.90. The average molecular weight is 227 g/mol. The molecule has 1 aromatic carbocycles. The number of hydrogen-bond acceptors (Lipinski definition) is 3. The van der Waals surface area contributed by atoms with Crippen LogP contribution in [0.1, 0.15) is 16.2 Å². The maximum atomic E-state index is 11.6. The molecule has 1 N–H and O–H groups in total. The molecule has 0 saturated carbocycles. The van der Waals surface area contributed by atoms with Gasteiger partial charge >= 0.3 is 0 Å². The smallest absolute Gasteiger partial charge is 0.289 e. The Bertz CT molecular complexity index is 471. The Morgan fingerprint density at radius 3 is 2.47 bits per heavy atom. The van der Waals surface area contributed by atoms with Crippen LogP contribution in [-0.4, -0.2) is 22.4 Å². The number of carbonyl (C=O) groups is 1. The Morgan fingerprint density at radius 2 is 1.76 bits per heavy atom. The Hall–Kier alpha value is -2.23. The minimum Gasteiger partial charge on any atom is -0.349 e. The molecule has 86 valence electrons. The average Bonchev–Trinajstić information content (AvgIpc) is 2.41. The number of benzene rings is 1. The second-order valence-corrected chi connectivity index (χ2v) is 3.56. The van der Waals surface area contributed by atoms with Gasteiger partial charge in [-0.15, -0.1) is 0 Å². The minimum atomic E-state index is -0.235. The molecule has 0 radical (unpaired) electrons. The van der Waals surface area contributed by atoms with Crippen molar-refractivity contribution in [2.24, 2.45) is 0 Å². The summed E-state index contributed by atoms with van der Waals surface area (Å²) in [4.78, 5) is 19.4. The highest BCUT2D eigenvalue weighted by atomic mass is 16.2. The highest BCUT2D eigenvalue weighted by Crippen LogP contribution is 1.98. The van der Waals surface area contributed by atoms with E-state index in [0.717, 1.165) is 6.42 Å². The third-order valence-electron chi connectivity index (χ3n) is 2.31. The van der Waals surface area contributed by atoms with Crippen molar-refractivity contribution in [3.05, 3.63) is 60.2 Å². The van der Waals surface area contributed by atoms with E-state index in [0.29, 0.717) is 6.54 Å². The summed E-state index contributed by atoms with van der Waals surface area (Å²) < 4.78 is 0. The molecule has 0 unspecified atom stereocenters. The van der Waals surface area contributed by atoms with E-state index in [-0.39, 0.29) is 11.7 Å². The molecule has 0 saturated heterocycles. The van der Waals surface area contributed by atoms with Crippen LogP contribution in [0.3, 0.4) is 0 Å². The summed E-state index contributed by atoms with van der Waals surface area (Å²) in [5, 5.41) is 2.78. The second kappa shape index (κ2) is 5.75. The third kappa shape index (κ3) is 3.38. The first-order valence-corrected chi connectivity index (χ1v) is 5.45. The minimum absolute atomic E-state index is 0.209. The zero-order chi connectivity index (χ0) is 11.9. The van der Waals surface area contributed by atoms with Crippen molar-refractivity contribution in [1.29, 1.82) is 0 Å². The molecular formula is C13H13N3O. The molecule has 4 heteroatoms. The van der Waals surface area contributed by atoms with E-state index in [1.807, 2.05) is 30.3 Å². The van der Waals surface area contributed by atoms with Crippen LogP contribution in [0.2, 0.25) is 0 Å². The number of rotatable bonds is 4. The van der Waals surface area contributed by atoms with Gasteiger partial charge in [-0.05, 0) is 18.1 Å². The monoisotopic (exact) mass is 227 g/mol. The lowest BCUT2D eigenvalue weighted by Gasteiger charge is -2.03. The molecule has 17 heavy (non-hydrogen) atoms. The van der Waals surface area contributed by atoms with Crippen molar-refractivity contribution in [2.75, 3.05) is 6.54 Å². The largest absolute Gasteiger partial charge is 0.349 e. The highest BCUT2D eigenvalue weighted by Gasteiger charge is 2.06. The fraction of sp³-hybridized carbons (Fsp3) is 0.154. The predicted octanol–water partition coefficient (Wildman–Crippen LogP) is 1.45. The molecule has 0 fully saturated rings. The summed E-state index contributed by atoms with van der Waals surface area (Å²) in [5.41, 5.74) is 1.20. The van der Waals surface area contributed by atoms with E-state index in [4.69, 9.17) is 0 Å². The van der Waals surface area contributed by atoms with E-state index < -0.39 is 0 Å². The van der Waals surface area contributed by atoms with Gasteiger partial charge in [-0.3, -0.25) is 4.79 Å². The van der Waals surface area contributed by atoms with Gasteiger partial charge in [0.05, 0.1) is 0 Å². The number of aromatic nitrogens is 2. The molecule has 1 aromatic heterocycles. The van der Waals surface area contributed by atoms with Gasteiger partial charge in [0.1, 0.15) is 0 Å². The third-order valence-corrected chi connectivity index (χ3v) is 2.31. The van der Waals surface area contributed by atoms with Crippen LogP contribution in [-0.2, 0) is 6.42 Å². The normalized spacial score (nSPS) is 9.88. The summed E-state index contributed by atoms with van der Waals surface area (Å²) in [5.74, 6) is -0.0258. The van der Waals surface area contributed by atoms with Crippen molar-refractivity contribution >= 4 is 5.91 Å². The van der Waals surface area contributed by atoms with Crippen molar-refractivity contribution in [3.63, 3.8) is 0 Å². The van der Waals surface area contributed by atoms with Crippen LogP contribution >= 0.6 is 0 Å². The number of carbonyl (C=O) groups excluding carboxylic acids is 1. The van der Waals surface area contributed by atoms with Crippen LogP contribution in [0.5, 0.6) is 0 Å². The van der Waals surface area contributed by atoms with Crippen LogP contribution in [0.15, 0.2) is 48.8 Å². The molecule has 1 amide bonds. The maximum Gasteiger partial charge on any atom is 0.289 e. The number of nitrogens with one attached hydrogen (secondary N) is 1. The fourth-order valence-corrected chi connectivity index (χ4v) is 1.46. The molecular weight excluding hydrogens is 214 g/mol. The SMILES string of the molecule is O=C(NCCc1ccccc1)c1ncccn1. The summed E-state index contributed by atoms with van der Waals surface area (Å²) in [6.07, 6.45) is 3.91. The molecule has 2 rings (SSSR count). The topological polar surface area (TPSA) is 54.9 Å². The first kappa shape index (κ1) is 11.3. The van der Waals surface area contributed by atoms with Crippen LogP contribution in [0.25, 0.3) is 0 Å². The second-order valence-electron chi connectivity index (χ2n) is 3.56.